The van der Waals surface area contributed by atoms with Crippen molar-refractivity contribution in [2.45, 2.75) is 24.8 Å². The molecule has 2 aliphatic rings. The number of hydrazine groups is 1. The molecule has 0 atom stereocenters. The molecule has 1 saturated carbocycles. The molecule has 0 bridgehead atoms. The quantitative estimate of drug-likeness (QED) is 0.491. The summed E-state index contributed by atoms with van der Waals surface area (Å²) in [5.41, 5.74) is 8.35. The fourth-order valence-electron chi connectivity index (χ4n) is 1.58. The van der Waals surface area contributed by atoms with Crippen molar-refractivity contribution in [2.24, 2.45) is 5.73 Å². The Morgan fingerprint density at radius 3 is 2.50 bits per heavy atom. The third kappa shape index (κ3) is 0.623. The van der Waals surface area contributed by atoms with Gasteiger partial charge in [0, 0.05) is 0 Å². The molecule has 2 amide bonds. The first-order valence-electron chi connectivity index (χ1n) is 3.57. The maximum Gasteiger partial charge on any atom is 0.329 e. The molecule has 2 rings (SSSR count). The van der Waals surface area contributed by atoms with Crippen LogP contribution in [0.1, 0.15) is 19.3 Å². The van der Waals surface area contributed by atoms with Crippen LogP contribution in [0.4, 0.5) is 4.79 Å². The van der Waals surface area contributed by atoms with Crippen molar-refractivity contribution in [2.75, 3.05) is 6.54 Å². The number of nitrogens with two attached hydrogens (primary N) is 1. The highest BCUT2D eigenvalue weighted by Crippen LogP contribution is 2.37. The van der Waals surface area contributed by atoms with Crippen LogP contribution in [0.15, 0.2) is 0 Å². The van der Waals surface area contributed by atoms with E-state index in [1.165, 1.54) is 24.3 Å². The minimum atomic E-state index is -0.363. The van der Waals surface area contributed by atoms with Gasteiger partial charge in [-0.1, -0.05) is 0 Å². The molecule has 0 aromatic heterocycles. The summed E-state index contributed by atoms with van der Waals surface area (Å²) in [5.74, 6) is 0. The van der Waals surface area contributed by atoms with Gasteiger partial charge in [0.15, 0.2) is 0 Å². The smallest absolute Gasteiger partial charge is 0.329 e. The van der Waals surface area contributed by atoms with Crippen molar-refractivity contribution in [1.29, 1.82) is 0 Å². The second kappa shape index (κ2) is 1.63. The Balaban J connectivity index is 1.88. The molecule has 4 heteroatoms. The molecule has 0 aromatic carbocycles. The van der Waals surface area contributed by atoms with E-state index in [0.29, 0.717) is 0 Å². The van der Waals surface area contributed by atoms with E-state index in [2.05, 4.69) is 5.43 Å². The van der Waals surface area contributed by atoms with Crippen LogP contribution >= 0.6 is 0 Å². The standard InChI is InChI=1S/C6H11N3O/c7-5(10)9-4-6(8-9)2-1-3-6/h8H,1-4H2,(H2,7,10). The van der Waals surface area contributed by atoms with Gasteiger partial charge in [0.25, 0.3) is 0 Å². The summed E-state index contributed by atoms with van der Waals surface area (Å²) in [6.07, 6.45) is 3.66. The zero-order chi connectivity index (χ0) is 7.19. The molecule has 2 fully saturated rings. The van der Waals surface area contributed by atoms with Gasteiger partial charge >= 0.3 is 6.03 Å². The lowest BCUT2D eigenvalue weighted by Crippen LogP contribution is -2.76. The molecule has 0 aromatic rings. The fraction of sp³-hybridized carbons (Fsp3) is 0.833. The van der Waals surface area contributed by atoms with Crippen LogP contribution in [-0.4, -0.2) is 23.1 Å². The molecule has 0 unspecified atom stereocenters. The van der Waals surface area contributed by atoms with Crippen LogP contribution in [-0.2, 0) is 0 Å². The monoisotopic (exact) mass is 141 g/mol. The van der Waals surface area contributed by atoms with E-state index >= 15 is 0 Å². The molecule has 4 nitrogen and oxygen atoms in total. The van der Waals surface area contributed by atoms with Crippen LogP contribution in [0.2, 0.25) is 0 Å². The van der Waals surface area contributed by atoms with E-state index in [1.807, 2.05) is 0 Å². The van der Waals surface area contributed by atoms with Gasteiger partial charge < -0.3 is 5.73 Å². The molecule has 1 spiro atoms. The number of hydrogen-bond acceptors (Lipinski definition) is 2. The number of hydrogen-bond donors (Lipinski definition) is 2. The van der Waals surface area contributed by atoms with Gasteiger partial charge in [-0.15, -0.1) is 0 Å². The first-order chi connectivity index (χ1) is 4.72. The fourth-order valence-corrected chi connectivity index (χ4v) is 1.58. The van der Waals surface area contributed by atoms with Crippen molar-refractivity contribution in [1.82, 2.24) is 10.4 Å². The topological polar surface area (TPSA) is 58.4 Å². The first kappa shape index (κ1) is 5.97. The number of rotatable bonds is 0. The SMILES string of the molecule is NC(=O)N1CC2(CCC2)N1. The van der Waals surface area contributed by atoms with Gasteiger partial charge in [0.2, 0.25) is 0 Å². The molecular weight excluding hydrogens is 130 g/mol. The van der Waals surface area contributed by atoms with Crippen molar-refractivity contribution in [3.05, 3.63) is 0 Å². The Morgan fingerprint density at radius 2 is 2.20 bits per heavy atom. The van der Waals surface area contributed by atoms with Gasteiger partial charge in [-0.25, -0.2) is 10.2 Å². The molecule has 10 heavy (non-hydrogen) atoms. The number of carbonyl (C=O) groups excluding carboxylic acids is 1. The molecular formula is C6H11N3O. The maximum absolute atomic E-state index is 10.5. The summed E-state index contributed by atoms with van der Waals surface area (Å²) >= 11 is 0. The normalized spacial score (nSPS) is 27.4. The Bertz CT molecular complexity index is 168. The summed E-state index contributed by atoms with van der Waals surface area (Å²) < 4.78 is 0. The Labute approximate surface area is 59.3 Å². The van der Waals surface area contributed by atoms with Gasteiger partial charge in [0.05, 0.1) is 12.1 Å². The Morgan fingerprint density at radius 1 is 1.60 bits per heavy atom. The van der Waals surface area contributed by atoms with Gasteiger partial charge in [-0.05, 0) is 19.3 Å². The lowest BCUT2D eigenvalue weighted by atomic mass is 9.74. The van der Waals surface area contributed by atoms with Crippen molar-refractivity contribution in [3.63, 3.8) is 0 Å². The maximum atomic E-state index is 10.5. The van der Waals surface area contributed by atoms with Gasteiger partial charge in [0.1, 0.15) is 0 Å². The second-order valence-corrected chi connectivity index (χ2v) is 3.17. The molecule has 1 aliphatic heterocycles. The summed E-state index contributed by atoms with van der Waals surface area (Å²) in [7, 11) is 0. The van der Waals surface area contributed by atoms with Crippen molar-refractivity contribution >= 4 is 6.03 Å². The van der Waals surface area contributed by atoms with Crippen LogP contribution in [0.3, 0.4) is 0 Å². The summed E-state index contributed by atoms with van der Waals surface area (Å²) in [6, 6.07) is -0.363. The van der Waals surface area contributed by atoms with Crippen molar-refractivity contribution in [3.8, 4) is 0 Å². The molecule has 1 heterocycles. The molecule has 0 radical (unpaired) electrons. The lowest BCUT2D eigenvalue weighted by molar-refractivity contribution is -0.0429. The molecule has 3 N–H and O–H groups in total. The minimum Gasteiger partial charge on any atom is -0.350 e. The largest absolute Gasteiger partial charge is 0.350 e. The zero-order valence-electron chi connectivity index (χ0n) is 5.76. The van der Waals surface area contributed by atoms with Gasteiger partial charge in [-0.2, -0.15) is 0 Å². The molecule has 56 valence electrons. The van der Waals surface area contributed by atoms with Crippen molar-refractivity contribution < 1.29 is 4.79 Å². The average Bonchev–Trinajstić information content (AvgIpc) is 1.54. The van der Waals surface area contributed by atoms with Crippen LogP contribution in [0.5, 0.6) is 0 Å². The van der Waals surface area contributed by atoms with Crippen LogP contribution in [0.25, 0.3) is 0 Å². The number of nitrogens with zero attached hydrogens (tertiary/aromatic N) is 1. The van der Waals surface area contributed by atoms with E-state index in [1.54, 1.807) is 0 Å². The van der Waals surface area contributed by atoms with Crippen LogP contribution in [0, 0.1) is 0 Å². The first-order valence-corrected chi connectivity index (χ1v) is 3.57. The Kier molecular flexibility index (Phi) is 0.976. The van der Waals surface area contributed by atoms with E-state index in [0.717, 1.165) is 6.54 Å². The van der Waals surface area contributed by atoms with Crippen LogP contribution < -0.4 is 11.2 Å². The van der Waals surface area contributed by atoms with E-state index in [4.69, 9.17) is 5.73 Å². The second-order valence-electron chi connectivity index (χ2n) is 3.17. The predicted octanol–water partition coefficient (Wildman–Crippen LogP) is -0.192. The number of primary amides is 1. The Hall–Kier alpha value is -0.770. The summed E-state index contributed by atoms with van der Waals surface area (Å²) in [6.45, 7) is 0.808. The highest BCUT2D eigenvalue weighted by atomic mass is 16.2. The van der Waals surface area contributed by atoms with E-state index < -0.39 is 0 Å². The third-order valence-corrected chi connectivity index (χ3v) is 2.41. The number of urea groups is 1. The van der Waals surface area contributed by atoms with Gasteiger partial charge in [-0.3, -0.25) is 5.01 Å². The lowest BCUT2D eigenvalue weighted by Gasteiger charge is -2.55. The zero-order valence-corrected chi connectivity index (χ0v) is 5.76. The highest BCUT2D eigenvalue weighted by molar-refractivity contribution is 5.72. The summed E-state index contributed by atoms with van der Waals surface area (Å²) in [4.78, 5) is 10.5. The summed E-state index contributed by atoms with van der Waals surface area (Å²) in [5, 5.41) is 1.47. The minimum absolute atomic E-state index is 0.273. The number of amides is 2. The predicted molar refractivity (Wildman–Crippen MR) is 36.0 cm³/mol. The average molecular weight is 141 g/mol. The number of nitrogens with one attached hydrogen (secondary N) is 1. The molecule has 1 aliphatic carbocycles. The van der Waals surface area contributed by atoms with E-state index in [9.17, 15) is 4.79 Å². The molecule has 1 saturated heterocycles. The number of carbonyl (C=O) groups is 1. The third-order valence-electron chi connectivity index (χ3n) is 2.41. The van der Waals surface area contributed by atoms with E-state index in [-0.39, 0.29) is 11.6 Å². The highest BCUT2D eigenvalue weighted by Gasteiger charge is 2.48.